The normalized spacial score (nSPS) is 14.4. The maximum Gasteiger partial charge on any atom is 0.318 e. The number of carbonyl (C=O) groups is 1. The molecule has 0 aliphatic carbocycles. The number of unbranched alkanes of at least 4 members (excludes halogenated alkanes) is 2. The zero-order chi connectivity index (χ0) is 13.1. The van der Waals surface area contributed by atoms with Gasteiger partial charge in [0.05, 0.1) is 11.9 Å². The van der Waals surface area contributed by atoms with Gasteiger partial charge in [-0.2, -0.15) is 12.6 Å². The largest absolute Gasteiger partial charge is 0.465 e. The lowest BCUT2D eigenvalue weighted by atomic mass is 9.94. The van der Waals surface area contributed by atoms with Crippen LogP contribution < -0.4 is 0 Å². The van der Waals surface area contributed by atoms with E-state index in [0.717, 1.165) is 25.7 Å². The lowest BCUT2D eigenvalue weighted by Crippen LogP contribution is -2.21. The van der Waals surface area contributed by atoms with E-state index in [-0.39, 0.29) is 11.2 Å². The van der Waals surface area contributed by atoms with E-state index in [1.54, 1.807) is 0 Å². The summed E-state index contributed by atoms with van der Waals surface area (Å²) in [7, 11) is 0. The minimum Gasteiger partial charge on any atom is -0.465 e. The van der Waals surface area contributed by atoms with E-state index < -0.39 is 0 Å². The van der Waals surface area contributed by atoms with Crippen LogP contribution in [0.2, 0.25) is 0 Å². The van der Waals surface area contributed by atoms with Crippen molar-refractivity contribution in [1.82, 2.24) is 0 Å². The number of rotatable bonds is 10. The van der Waals surface area contributed by atoms with E-state index >= 15 is 0 Å². The van der Waals surface area contributed by atoms with Gasteiger partial charge in [0.1, 0.15) is 0 Å². The maximum absolute atomic E-state index is 11.6. The number of esters is 1. The quantitative estimate of drug-likeness (QED) is 0.361. The summed E-state index contributed by atoms with van der Waals surface area (Å²) in [6.07, 6.45) is 7.63. The summed E-state index contributed by atoms with van der Waals surface area (Å²) >= 11 is 4.37. The monoisotopic (exact) mass is 260 g/mol. The number of thiol groups is 1. The van der Waals surface area contributed by atoms with E-state index in [9.17, 15) is 4.79 Å². The van der Waals surface area contributed by atoms with Gasteiger partial charge in [0.15, 0.2) is 0 Å². The first-order valence-corrected chi connectivity index (χ1v) is 7.51. The molecule has 17 heavy (non-hydrogen) atoms. The Labute approximate surface area is 112 Å². The predicted octanol–water partition coefficient (Wildman–Crippen LogP) is 4.23. The summed E-state index contributed by atoms with van der Waals surface area (Å²) in [6, 6.07) is 0. The maximum atomic E-state index is 11.6. The molecule has 0 saturated heterocycles. The molecule has 2 nitrogen and oxygen atoms in total. The highest BCUT2D eigenvalue weighted by molar-refractivity contribution is 7.81. The third-order valence-corrected chi connectivity index (χ3v) is 3.54. The SMILES string of the molecule is CCCCOC(=O)C(S)CC(CC)CCCC. The molecule has 2 atom stereocenters. The van der Waals surface area contributed by atoms with Crippen molar-refractivity contribution in [2.75, 3.05) is 6.61 Å². The van der Waals surface area contributed by atoms with Crippen molar-refractivity contribution < 1.29 is 9.53 Å². The van der Waals surface area contributed by atoms with Gasteiger partial charge in [-0.1, -0.05) is 52.9 Å². The number of carbonyl (C=O) groups excluding carboxylic acids is 1. The fourth-order valence-corrected chi connectivity index (χ4v) is 2.18. The fraction of sp³-hybridized carbons (Fsp3) is 0.929. The van der Waals surface area contributed by atoms with Gasteiger partial charge in [-0.25, -0.2) is 0 Å². The van der Waals surface area contributed by atoms with Crippen LogP contribution in [0.5, 0.6) is 0 Å². The Bertz CT molecular complexity index is 195. The molecule has 102 valence electrons. The molecule has 0 bridgehead atoms. The highest BCUT2D eigenvalue weighted by atomic mass is 32.1. The molecule has 0 radical (unpaired) electrons. The first-order chi connectivity index (χ1) is 8.15. The summed E-state index contributed by atoms with van der Waals surface area (Å²) in [4.78, 5) is 11.6. The number of ether oxygens (including phenoxy) is 1. The van der Waals surface area contributed by atoms with Gasteiger partial charge in [0.25, 0.3) is 0 Å². The standard InChI is InChI=1S/C14H28O2S/c1-4-7-9-12(6-3)11-13(17)14(15)16-10-8-5-2/h12-13,17H,4-11H2,1-3H3. The smallest absolute Gasteiger partial charge is 0.318 e. The van der Waals surface area contributed by atoms with E-state index in [1.165, 1.54) is 19.3 Å². The number of hydrogen-bond donors (Lipinski definition) is 1. The van der Waals surface area contributed by atoms with Crippen LogP contribution in [-0.4, -0.2) is 17.8 Å². The Kier molecular flexibility index (Phi) is 10.8. The summed E-state index contributed by atoms with van der Waals surface area (Å²) in [6.45, 7) is 7.01. The summed E-state index contributed by atoms with van der Waals surface area (Å²) in [5, 5.41) is -0.242. The predicted molar refractivity (Wildman–Crippen MR) is 76.6 cm³/mol. The summed E-state index contributed by atoms with van der Waals surface area (Å²) < 4.78 is 5.18. The zero-order valence-corrected chi connectivity index (χ0v) is 12.5. The molecular formula is C14H28O2S. The molecule has 2 unspecified atom stereocenters. The van der Waals surface area contributed by atoms with Gasteiger partial charge in [0, 0.05) is 0 Å². The molecule has 0 heterocycles. The van der Waals surface area contributed by atoms with Crippen LogP contribution >= 0.6 is 12.6 Å². The van der Waals surface area contributed by atoms with Crippen LogP contribution in [0.3, 0.4) is 0 Å². The van der Waals surface area contributed by atoms with Gasteiger partial charge in [0.2, 0.25) is 0 Å². The van der Waals surface area contributed by atoms with E-state index in [4.69, 9.17) is 4.74 Å². The second-order valence-corrected chi connectivity index (χ2v) is 5.31. The van der Waals surface area contributed by atoms with E-state index in [2.05, 4.69) is 33.4 Å². The Morgan fingerprint density at radius 1 is 1.18 bits per heavy atom. The molecule has 0 fully saturated rings. The van der Waals surface area contributed by atoms with Crippen LogP contribution in [0.25, 0.3) is 0 Å². The van der Waals surface area contributed by atoms with Gasteiger partial charge in [-0.05, 0) is 18.8 Å². The summed E-state index contributed by atoms with van der Waals surface area (Å²) in [5.74, 6) is 0.466. The molecule has 0 aliphatic rings. The molecule has 3 heteroatoms. The van der Waals surface area contributed by atoms with Crippen LogP contribution in [0.15, 0.2) is 0 Å². The highest BCUT2D eigenvalue weighted by Gasteiger charge is 2.19. The molecular weight excluding hydrogens is 232 g/mol. The molecule has 0 N–H and O–H groups in total. The Morgan fingerprint density at radius 3 is 2.35 bits per heavy atom. The summed E-state index contributed by atoms with van der Waals surface area (Å²) in [5.41, 5.74) is 0. The van der Waals surface area contributed by atoms with Crippen LogP contribution in [-0.2, 0) is 9.53 Å². The second kappa shape index (κ2) is 10.9. The highest BCUT2D eigenvalue weighted by Crippen LogP contribution is 2.21. The Morgan fingerprint density at radius 2 is 1.82 bits per heavy atom. The first-order valence-electron chi connectivity index (χ1n) is 7.00. The first kappa shape index (κ1) is 16.8. The van der Waals surface area contributed by atoms with Crippen molar-refractivity contribution in [2.45, 2.75) is 71.0 Å². The van der Waals surface area contributed by atoms with Crippen molar-refractivity contribution in [1.29, 1.82) is 0 Å². The van der Waals surface area contributed by atoms with Crippen LogP contribution in [0.4, 0.5) is 0 Å². The molecule has 0 spiro atoms. The fourth-order valence-electron chi connectivity index (χ4n) is 1.81. The average Bonchev–Trinajstić information content (AvgIpc) is 2.34. The molecule has 0 aromatic heterocycles. The third kappa shape index (κ3) is 8.53. The van der Waals surface area contributed by atoms with Crippen molar-refractivity contribution in [3.8, 4) is 0 Å². The molecule has 0 saturated carbocycles. The van der Waals surface area contributed by atoms with Crippen molar-refractivity contribution in [3.05, 3.63) is 0 Å². The number of hydrogen-bond acceptors (Lipinski definition) is 3. The molecule has 0 aromatic carbocycles. The second-order valence-electron chi connectivity index (χ2n) is 4.69. The van der Waals surface area contributed by atoms with Crippen molar-refractivity contribution >= 4 is 18.6 Å². The average molecular weight is 260 g/mol. The lowest BCUT2D eigenvalue weighted by Gasteiger charge is -2.18. The van der Waals surface area contributed by atoms with Gasteiger partial charge in [-0.3, -0.25) is 4.79 Å². The van der Waals surface area contributed by atoms with Crippen LogP contribution in [0, 0.1) is 5.92 Å². The van der Waals surface area contributed by atoms with Crippen molar-refractivity contribution in [2.24, 2.45) is 5.92 Å². The Hall–Kier alpha value is -0.180. The van der Waals surface area contributed by atoms with E-state index in [0.29, 0.717) is 12.5 Å². The van der Waals surface area contributed by atoms with E-state index in [1.807, 2.05) is 0 Å². The van der Waals surface area contributed by atoms with Gasteiger partial charge in [-0.15, -0.1) is 0 Å². The molecule has 0 aromatic rings. The minimum atomic E-state index is -0.242. The third-order valence-electron chi connectivity index (χ3n) is 3.11. The zero-order valence-electron chi connectivity index (χ0n) is 11.6. The molecule has 0 rings (SSSR count). The lowest BCUT2D eigenvalue weighted by molar-refractivity contribution is -0.143. The Balaban J connectivity index is 3.86. The topological polar surface area (TPSA) is 26.3 Å². The molecule has 0 aliphatic heterocycles. The van der Waals surface area contributed by atoms with Gasteiger partial charge >= 0.3 is 5.97 Å². The molecule has 0 amide bonds. The van der Waals surface area contributed by atoms with Crippen LogP contribution in [0.1, 0.15) is 65.7 Å². The minimum absolute atomic E-state index is 0.142. The van der Waals surface area contributed by atoms with Gasteiger partial charge < -0.3 is 4.74 Å². The van der Waals surface area contributed by atoms with Crippen molar-refractivity contribution in [3.63, 3.8) is 0 Å².